The van der Waals surface area contributed by atoms with Gasteiger partial charge in [-0.15, -0.1) is 0 Å². The Labute approximate surface area is 188 Å². The molecule has 5 rings (SSSR count). The molecule has 3 aliphatic rings. The number of amides is 2. The molecule has 2 aromatic carbocycles. The molecular weight excluding hydrogens is 406 g/mol. The van der Waals surface area contributed by atoms with Gasteiger partial charge in [-0.05, 0) is 36.1 Å². The lowest BCUT2D eigenvalue weighted by Crippen LogP contribution is -2.50. The van der Waals surface area contributed by atoms with Gasteiger partial charge in [0.1, 0.15) is 18.4 Å². The van der Waals surface area contributed by atoms with Crippen molar-refractivity contribution >= 4 is 11.8 Å². The summed E-state index contributed by atoms with van der Waals surface area (Å²) in [6.45, 7) is 6.03. The Hall–Kier alpha value is -2.90. The number of piperidine rings is 1. The number of nitrogens with zero attached hydrogens (tertiary/aromatic N) is 2. The molecule has 32 heavy (non-hydrogen) atoms. The van der Waals surface area contributed by atoms with E-state index in [1.807, 2.05) is 18.2 Å². The number of rotatable bonds is 6. The first-order valence-corrected chi connectivity index (χ1v) is 11.4. The van der Waals surface area contributed by atoms with Crippen molar-refractivity contribution in [1.29, 1.82) is 0 Å². The zero-order chi connectivity index (χ0) is 21.9. The Morgan fingerprint density at radius 3 is 2.59 bits per heavy atom. The van der Waals surface area contributed by atoms with Gasteiger partial charge in [-0.1, -0.05) is 30.3 Å². The van der Waals surface area contributed by atoms with E-state index in [0.29, 0.717) is 37.4 Å². The van der Waals surface area contributed by atoms with Gasteiger partial charge in [0, 0.05) is 37.3 Å². The van der Waals surface area contributed by atoms with Gasteiger partial charge in [-0.2, -0.15) is 0 Å². The molecule has 7 nitrogen and oxygen atoms in total. The normalized spacial score (nSPS) is 21.4. The van der Waals surface area contributed by atoms with Crippen LogP contribution in [0, 0.1) is 0 Å². The van der Waals surface area contributed by atoms with Crippen LogP contribution in [0.3, 0.4) is 0 Å². The monoisotopic (exact) mass is 435 g/mol. The minimum atomic E-state index is -0.393. The predicted molar refractivity (Wildman–Crippen MR) is 119 cm³/mol. The van der Waals surface area contributed by atoms with Gasteiger partial charge in [0.15, 0.2) is 0 Å². The smallest absolute Gasteiger partial charge is 0.255 e. The van der Waals surface area contributed by atoms with Crippen molar-refractivity contribution in [2.75, 3.05) is 32.8 Å². The molecule has 7 heteroatoms. The van der Waals surface area contributed by atoms with E-state index in [9.17, 15) is 9.59 Å². The third-order valence-corrected chi connectivity index (χ3v) is 6.51. The number of carbonyl (C=O) groups excluding carboxylic acids is 2. The van der Waals surface area contributed by atoms with Gasteiger partial charge in [0.05, 0.1) is 19.8 Å². The van der Waals surface area contributed by atoms with Crippen molar-refractivity contribution in [1.82, 2.24) is 15.1 Å². The Kier molecular flexibility index (Phi) is 6.10. The zero-order valence-electron chi connectivity index (χ0n) is 18.2. The van der Waals surface area contributed by atoms with Crippen LogP contribution in [-0.4, -0.2) is 60.5 Å². The van der Waals surface area contributed by atoms with Crippen molar-refractivity contribution in [2.45, 2.75) is 38.6 Å². The number of hydrogen-bond acceptors (Lipinski definition) is 5. The highest BCUT2D eigenvalue weighted by molar-refractivity contribution is 6.01. The molecule has 2 amide bonds. The number of nitrogens with one attached hydrogen (secondary N) is 1. The summed E-state index contributed by atoms with van der Waals surface area (Å²) < 4.78 is 11.5. The number of benzene rings is 2. The molecule has 0 aromatic heterocycles. The standard InChI is InChI=1S/C25H29N3O4/c29-24-22(4-2-10-26-24)28-16-21-20(25(28)30)3-1-5-23(21)32-17-19-8-6-18(7-9-19)15-27-11-13-31-14-12-27/h1,3,5-9,22H,2,4,10-17H2,(H,26,29). The molecule has 2 aromatic rings. The van der Waals surface area contributed by atoms with Crippen molar-refractivity contribution < 1.29 is 19.1 Å². The lowest BCUT2D eigenvalue weighted by Gasteiger charge is -2.30. The number of ether oxygens (including phenoxy) is 2. The van der Waals surface area contributed by atoms with E-state index in [2.05, 4.69) is 34.5 Å². The van der Waals surface area contributed by atoms with Crippen LogP contribution in [0.2, 0.25) is 0 Å². The predicted octanol–water partition coefficient (Wildman–Crippen LogP) is 2.33. The number of carbonyl (C=O) groups is 2. The number of fused-ring (bicyclic) bond motifs is 1. The van der Waals surface area contributed by atoms with Gasteiger partial charge in [0.2, 0.25) is 5.91 Å². The van der Waals surface area contributed by atoms with Gasteiger partial charge >= 0.3 is 0 Å². The fourth-order valence-electron chi connectivity index (χ4n) is 4.69. The summed E-state index contributed by atoms with van der Waals surface area (Å²) in [5.74, 6) is 0.573. The molecule has 2 saturated heterocycles. The van der Waals surface area contributed by atoms with Gasteiger partial charge in [0.25, 0.3) is 5.91 Å². The van der Waals surface area contributed by atoms with Gasteiger partial charge < -0.3 is 19.7 Å². The Morgan fingerprint density at radius 2 is 1.81 bits per heavy atom. The van der Waals surface area contributed by atoms with Crippen LogP contribution < -0.4 is 10.1 Å². The molecule has 3 aliphatic heterocycles. The Morgan fingerprint density at radius 1 is 1.03 bits per heavy atom. The molecule has 1 N–H and O–H groups in total. The minimum Gasteiger partial charge on any atom is -0.489 e. The molecular formula is C25H29N3O4. The number of morpholine rings is 1. The van der Waals surface area contributed by atoms with E-state index in [1.54, 1.807) is 4.90 Å². The largest absolute Gasteiger partial charge is 0.489 e. The third-order valence-electron chi connectivity index (χ3n) is 6.51. The van der Waals surface area contributed by atoms with E-state index in [-0.39, 0.29) is 11.8 Å². The molecule has 0 spiro atoms. The first-order chi connectivity index (χ1) is 15.7. The van der Waals surface area contributed by atoms with E-state index in [4.69, 9.17) is 9.47 Å². The van der Waals surface area contributed by atoms with Crippen LogP contribution in [0.15, 0.2) is 42.5 Å². The summed E-state index contributed by atoms with van der Waals surface area (Å²) >= 11 is 0. The summed E-state index contributed by atoms with van der Waals surface area (Å²) in [6, 6.07) is 13.7. The molecule has 0 aliphatic carbocycles. The lowest BCUT2D eigenvalue weighted by atomic mass is 10.1. The van der Waals surface area contributed by atoms with Crippen molar-refractivity contribution in [2.24, 2.45) is 0 Å². The highest BCUT2D eigenvalue weighted by Crippen LogP contribution is 2.33. The average molecular weight is 436 g/mol. The average Bonchev–Trinajstić information content (AvgIpc) is 3.16. The maximum Gasteiger partial charge on any atom is 0.255 e. The second-order valence-electron chi connectivity index (χ2n) is 8.66. The maximum atomic E-state index is 12.9. The van der Waals surface area contributed by atoms with Crippen molar-refractivity contribution in [3.63, 3.8) is 0 Å². The molecule has 1 atom stereocenters. The summed E-state index contributed by atoms with van der Waals surface area (Å²) in [7, 11) is 0. The minimum absolute atomic E-state index is 0.0583. The summed E-state index contributed by atoms with van der Waals surface area (Å²) in [4.78, 5) is 29.3. The lowest BCUT2D eigenvalue weighted by molar-refractivity contribution is -0.127. The summed E-state index contributed by atoms with van der Waals surface area (Å²) in [6.07, 6.45) is 1.60. The molecule has 1 unspecified atom stereocenters. The van der Waals surface area contributed by atoms with Crippen molar-refractivity contribution in [3.05, 3.63) is 64.7 Å². The molecule has 0 saturated carbocycles. The number of hydrogen-bond donors (Lipinski definition) is 1. The Bertz CT molecular complexity index is 985. The van der Waals surface area contributed by atoms with Gasteiger partial charge in [-0.25, -0.2) is 0 Å². The van der Waals surface area contributed by atoms with E-state index >= 15 is 0 Å². The van der Waals surface area contributed by atoms with Crippen LogP contribution in [0.25, 0.3) is 0 Å². The van der Waals surface area contributed by atoms with Gasteiger partial charge in [-0.3, -0.25) is 14.5 Å². The fraction of sp³-hybridized carbons (Fsp3) is 0.440. The molecule has 3 heterocycles. The maximum absolute atomic E-state index is 12.9. The third kappa shape index (κ3) is 4.36. The fourth-order valence-corrected chi connectivity index (χ4v) is 4.69. The van der Waals surface area contributed by atoms with Crippen LogP contribution >= 0.6 is 0 Å². The molecule has 2 fully saturated rings. The van der Waals surface area contributed by atoms with Crippen molar-refractivity contribution in [3.8, 4) is 5.75 Å². The summed E-state index contributed by atoms with van der Waals surface area (Å²) in [5.41, 5.74) is 3.88. The highest BCUT2D eigenvalue weighted by atomic mass is 16.5. The van der Waals surface area contributed by atoms with E-state index in [1.165, 1.54) is 5.56 Å². The molecule has 168 valence electrons. The van der Waals surface area contributed by atoms with E-state index < -0.39 is 6.04 Å². The van der Waals surface area contributed by atoms with Crippen LogP contribution in [-0.2, 0) is 29.2 Å². The van der Waals surface area contributed by atoms with E-state index in [0.717, 1.165) is 50.4 Å². The summed E-state index contributed by atoms with van der Waals surface area (Å²) in [5, 5.41) is 2.87. The van der Waals surface area contributed by atoms with Crippen LogP contribution in [0.5, 0.6) is 5.75 Å². The quantitative estimate of drug-likeness (QED) is 0.754. The topological polar surface area (TPSA) is 71.1 Å². The second-order valence-corrected chi connectivity index (χ2v) is 8.66. The molecule has 0 bridgehead atoms. The first kappa shape index (κ1) is 21.0. The SMILES string of the molecule is O=C1NCCCC1N1Cc2c(OCc3ccc(CN4CCOCC4)cc3)cccc2C1=O. The zero-order valence-corrected chi connectivity index (χ0v) is 18.2. The molecule has 0 radical (unpaired) electrons. The Balaban J connectivity index is 1.23. The van der Waals surface area contributed by atoms with Crippen LogP contribution in [0.1, 0.15) is 39.9 Å². The first-order valence-electron chi connectivity index (χ1n) is 11.4. The second kappa shape index (κ2) is 9.30. The highest BCUT2D eigenvalue weighted by Gasteiger charge is 2.38. The van der Waals surface area contributed by atoms with Crippen LogP contribution in [0.4, 0.5) is 0 Å².